The molecule has 0 bridgehead atoms. The van der Waals surface area contributed by atoms with Crippen LogP contribution in [0.1, 0.15) is 106 Å². The number of carbonyl (C=O) groups is 3. The number of hydrogen-bond acceptors (Lipinski definition) is 18. The molecule has 20 heteroatoms. The second-order valence-electron chi connectivity index (χ2n) is 23.3. The zero-order chi connectivity index (χ0) is 50.0. The van der Waals surface area contributed by atoms with Crippen LogP contribution < -0.4 is 0 Å². The van der Waals surface area contributed by atoms with Gasteiger partial charge in [0.2, 0.25) is 0 Å². The number of ether oxygens (including phenoxy) is 6. The molecule has 0 aromatic carbocycles. The van der Waals surface area contributed by atoms with Crippen LogP contribution in [0.3, 0.4) is 0 Å². The van der Waals surface area contributed by atoms with Gasteiger partial charge in [-0.15, -0.1) is 0 Å². The zero-order valence-electron chi connectivity index (χ0n) is 39.9. The lowest BCUT2D eigenvalue weighted by molar-refractivity contribution is -0.394. The van der Waals surface area contributed by atoms with Gasteiger partial charge in [0.05, 0.1) is 30.3 Å². The highest BCUT2D eigenvalue weighted by Crippen LogP contribution is 2.76. The van der Waals surface area contributed by atoms with Gasteiger partial charge >= 0.3 is 11.9 Å². The number of aliphatic hydroxyl groups is 9. The lowest BCUT2D eigenvalue weighted by Crippen LogP contribution is -2.69. The molecule has 0 unspecified atom stereocenters. The van der Waals surface area contributed by atoms with Crippen LogP contribution in [-0.2, 0) is 42.8 Å². The van der Waals surface area contributed by atoms with Crippen LogP contribution in [0.2, 0.25) is 0 Å². The summed E-state index contributed by atoms with van der Waals surface area (Å²) in [6, 6.07) is 0. The highest BCUT2D eigenvalue weighted by molar-refractivity contribution is 5.78. The van der Waals surface area contributed by atoms with Gasteiger partial charge in [0.15, 0.2) is 25.0 Å². The molecule has 0 spiro atoms. The summed E-state index contributed by atoms with van der Waals surface area (Å²) in [6.07, 6.45) is -21.9. The first-order valence-electron chi connectivity index (χ1n) is 24.3. The third-order valence-corrected chi connectivity index (χ3v) is 19.3. The van der Waals surface area contributed by atoms with E-state index in [-0.39, 0.29) is 36.0 Å². The Labute approximate surface area is 395 Å². The number of aldehydes is 1. The Morgan fingerprint density at radius 3 is 1.96 bits per heavy atom. The molecule has 8 rings (SSSR count). The topological polar surface area (TPSA) is 329 Å². The molecular weight excluding hydrogens is 897 g/mol. The van der Waals surface area contributed by atoms with Crippen LogP contribution in [0.15, 0.2) is 11.6 Å². The van der Waals surface area contributed by atoms with Gasteiger partial charge < -0.3 is 89.4 Å². The van der Waals surface area contributed by atoms with Crippen molar-refractivity contribution in [2.75, 3.05) is 6.61 Å². The van der Waals surface area contributed by atoms with E-state index in [1.165, 1.54) is 6.92 Å². The fourth-order valence-corrected chi connectivity index (χ4v) is 15.0. The maximum Gasteiger partial charge on any atom is 0.335 e. The first-order valence-corrected chi connectivity index (χ1v) is 24.3. The molecule has 3 aliphatic heterocycles. The number of rotatable bonds is 10. The maximum absolute atomic E-state index is 13.8. The second-order valence-corrected chi connectivity index (χ2v) is 23.3. The van der Waals surface area contributed by atoms with Gasteiger partial charge in [-0.2, -0.15) is 0 Å². The molecule has 7 fully saturated rings. The van der Waals surface area contributed by atoms with Gasteiger partial charge in [-0.1, -0.05) is 53.2 Å². The number of carboxylic acid groups (broad SMARTS) is 2. The van der Waals surface area contributed by atoms with Crippen molar-refractivity contribution in [3.05, 3.63) is 11.6 Å². The Bertz CT molecular complexity index is 1950. The molecule has 4 saturated carbocycles. The van der Waals surface area contributed by atoms with Crippen molar-refractivity contribution < 1.29 is 99.0 Å². The third-order valence-electron chi connectivity index (χ3n) is 19.3. The SMILES string of the molecule is C[C@@H]1O[C@@H](O[C@H]2[C@H](O)[C@@H](C(=O)O)O[C@@H](O[C@H]3CC[C@]4(C)[C@H]5CC=C6[C@H]7CC(C)(C)CC[C@]7(C(=O)O)[C@H](O)C[C@@]6(C)[C@]5(C)CC[C@H]4[C@]3(C)C=O)[C@@H]2O[C@@H]2O[C@H](CO)[C@H](O)[C@H](O)[C@H]2O)[C@H](O)[C@H](O)[C@H]1O. The number of carbonyl (C=O) groups excluding carboxylic acids is 1. The molecule has 68 heavy (non-hydrogen) atoms. The fraction of sp³-hybridized carbons (Fsp3) is 0.896. The molecule has 20 nitrogen and oxygen atoms in total. The van der Waals surface area contributed by atoms with E-state index < -0.39 is 150 Å². The Hall–Kier alpha value is -2.25. The largest absolute Gasteiger partial charge is 0.481 e. The number of fused-ring (bicyclic) bond motifs is 7. The van der Waals surface area contributed by atoms with Crippen LogP contribution in [0.4, 0.5) is 0 Å². The Morgan fingerprint density at radius 2 is 1.34 bits per heavy atom. The van der Waals surface area contributed by atoms with E-state index >= 15 is 0 Å². The van der Waals surface area contributed by atoms with E-state index in [4.69, 9.17) is 28.4 Å². The monoisotopic (exact) mass is 970 g/mol. The summed E-state index contributed by atoms with van der Waals surface area (Å²) in [5.74, 6) is -3.37. The van der Waals surface area contributed by atoms with Gasteiger partial charge in [-0.25, -0.2) is 4.79 Å². The lowest BCUT2D eigenvalue weighted by Gasteiger charge is -2.71. The normalized spacial score (nSPS) is 54.5. The summed E-state index contributed by atoms with van der Waals surface area (Å²) in [5.41, 5.74) is -3.12. The Balaban J connectivity index is 1.13. The molecule has 8 aliphatic rings. The van der Waals surface area contributed by atoms with E-state index in [0.29, 0.717) is 44.9 Å². The molecule has 0 radical (unpaired) electrons. The molecule has 0 aromatic heterocycles. The van der Waals surface area contributed by atoms with Crippen LogP contribution in [0.5, 0.6) is 0 Å². The smallest absolute Gasteiger partial charge is 0.335 e. The van der Waals surface area contributed by atoms with Gasteiger partial charge in [0.1, 0.15) is 72.7 Å². The zero-order valence-corrected chi connectivity index (χ0v) is 39.9. The molecule has 0 aromatic rings. The quantitative estimate of drug-likeness (QED) is 0.0778. The molecule has 386 valence electrons. The number of allylic oxidation sites excluding steroid dienone is 2. The van der Waals surface area contributed by atoms with Crippen LogP contribution >= 0.6 is 0 Å². The number of hydrogen-bond donors (Lipinski definition) is 11. The summed E-state index contributed by atoms with van der Waals surface area (Å²) in [5, 5.41) is 119. The number of aliphatic hydroxyl groups excluding tert-OH is 9. The van der Waals surface area contributed by atoms with Crippen LogP contribution in [-0.4, -0.2) is 185 Å². The van der Waals surface area contributed by atoms with Crippen molar-refractivity contribution in [2.45, 2.75) is 211 Å². The van der Waals surface area contributed by atoms with Crippen molar-refractivity contribution in [3.8, 4) is 0 Å². The summed E-state index contributed by atoms with van der Waals surface area (Å²) in [7, 11) is 0. The van der Waals surface area contributed by atoms with Crippen molar-refractivity contribution in [2.24, 2.45) is 50.2 Å². The van der Waals surface area contributed by atoms with Gasteiger partial charge in [0.25, 0.3) is 0 Å². The third kappa shape index (κ3) is 7.77. The Kier molecular flexibility index (Phi) is 13.8. The summed E-state index contributed by atoms with van der Waals surface area (Å²) in [6.45, 7) is 13.2. The predicted molar refractivity (Wildman–Crippen MR) is 231 cm³/mol. The number of carboxylic acids is 2. The fourth-order valence-electron chi connectivity index (χ4n) is 15.0. The first kappa shape index (κ1) is 52.1. The molecule has 11 N–H and O–H groups in total. The summed E-state index contributed by atoms with van der Waals surface area (Å²) < 4.78 is 36.2. The van der Waals surface area contributed by atoms with Crippen molar-refractivity contribution in [1.29, 1.82) is 0 Å². The Morgan fingerprint density at radius 1 is 0.706 bits per heavy atom. The van der Waals surface area contributed by atoms with Crippen molar-refractivity contribution >= 4 is 18.2 Å². The summed E-state index contributed by atoms with van der Waals surface area (Å²) in [4.78, 5) is 39.9. The minimum Gasteiger partial charge on any atom is -0.481 e. The molecule has 25 atom stereocenters. The average molecular weight is 971 g/mol. The first-order chi connectivity index (χ1) is 31.7. The molecule has 5 aliphatic carbocycles. The number of aliphatic carboxylic acids is 2. The lowest BCUT2D eigenvalue weighted by atomic mass is 9.33. The van der Waals surface area contributed by atoms with Crippen LogP contribution in [0, 0.1) is 50.2 Å². The van der Waals surface area contributed by atoms with E-state index in [2.05, 4.69) is 40.7 Å². The molecule has 3 heterocycles. The molecule has 0 amide bonds. The van der Waals surface area contributed by atoms with E-state index in [1.54, 1.807) is 6.92 Å². The van der Waals surface area contributed by atoms with Gasteiger partial charge in [0, 0.05) is 0 Å². The van der Waals surface area contributed by atoms with Gasteiger partial charge in [-0.05, 0) is 104 Å². The van der Waals surface area contributed by atoms with Crippen molar-refractivity contribution in [1.82, 2.24) is 0 Å². The van der Waals surface area contributed by atoms with Crippen molar-refractivity contribution in [3.63, 3.8) is 0 Å². The standard InChI is InChI=1S/C48H74O20/c1-20-28(52)30(54)32(56)39(63-20)66-35-34(58)36(38(59)60)67-41(37(35)68-40-33(57)31(55)29(53)23(18-49)64-40)65-27-11-12-44(4)24(45(27,5)19-50)10-13-46(6)25(44)9-8-21-22-16-43(2,3)14-15-48(22,42(61)62)26(51)17-47(21,46)7/h8,19-20,22-37,39-41,49,51-58H,9-18H2,1-7H3,(H,59,60)(H,61,62)/t20-,22+,23+,24+,25+,26+,27-,28-,29-,30+,31-,32+,33+,34-,35-,36-,37+,39-,40-,41+,44-,45-,46+,47+,48+/m0/s1. The average Bonchev–Trinajstić information content (AvgIpc) is 3.27. The molecular formula is C48H74O20. The summed E-state index contributed by atoms with van der Waals surface area (Å²) >= 11 is 0. The predicted octanol–water partition coefficient (Wildman–Crippen LogP) is -0.0241. The van der Waals surface area contributed by atoms with E-state index in [9.17, 15) is 70.6 Å². The molecule has 3 saturated heterocycles. The minimum atomic E-state index is -2.15. The van der Waals surface area contributed by atoms with Gasteiger partial charge in [-0.3, -0.25) is 4.79 Å². The van der Waals surface area contributed by atoms with E-state index in [1.807, 2.05) is 0 Å². The second kappa shape index (κ2) is 18.0. The van der Waals surface area contributed by atoms with Crippen LogP contribution in [0.25, 0.3) is 0 Å². The van der Waals surface area contributed by atoms with E-state index in [0.717, 1.165) is 11.9 Å². The highest BCUT2D eigenvalue weighted by Gasteiger charge is 2.72. The highest BCUT2D eigenvalue weighted by atomic mass is 16.8. The maximum atomic E-state index is 13.8. The minimum absolute atomic E-state index is 0.0282.